The van der Waals surface area contributed by atoms with E-state index in [4.69, 9.17) is 14.7 Å². The third kappa shape index (κ3) is 4.11. The van der Waals surface area contributed by atoms with Crippen LogP contribution in [0.1, 0.15) is 37.6 Å². The highest BCUT2D eigenvalue weighted by atomic mass is 17.1. The number of hydrogen-bond donors (Lipinski definition) is 2. The first-order chi connectivity index (χ1) is 9.30. The fraction of sp³-hybridized carbons (Fsp3) is 0.500. The molecule has 0 heterocycles. The average Bonchev–Trinajstić information content (AvgIpc) is 2.35. The Labute approximate surface area is 117 Å². The van der Waals surface area contributed by atoms with Crippen molar-refractivity contribution in [1.29, 1.82) is 0 Å². The Bertz CT molecular complexity index is 467. The highest BCUT2D eigenvalue weighted by Gasteiger charge is 2.28. The molecule has 20 heavy (non-hydrogen) atoms. The molecule has 1 aromatic carbocycles. The van der Waals surface area contributed by atoms with E-state index in [1.807, 2.05) is 0 Å². The smallest absolute Gasteiger partial charge is 0.342 e. The van der Waals surface area contributed by atoms with Gasteiger partial charge in [0, 0.05) is 6.42 Å². The summed E-state index contributed by atoms with van der Waals surface area (Å²) in [5.74, 6) is -0.505. The molecule has 0 aromatic heterocycles. The molecular formula is C14H20O6. The minimum Gasteiger partial charge on any atom is -0.492 e. The van der Waals surface area contributed by atoms with E-state index in [1.165, 1.54) is 25.3 Å². The SMILES string of the molecule is COc1c(OO)cccc1C(=O)OC(C)(C)CC(C)O. The molecule has 1 atom stereocenters. The minimum atomic E-state index is -0.827. The van der Waals surface area contributed by atoms with Crippen LogP contribution in [0.5, 0.6) is 11.5 Å². The number of rotatable bonds is 6. The molecule has 112 valence electrons. The lowest BCUT2D eigenvalue weighted by Crippen LogP contribution is -2.31. The summed E-state index contributed by atoms with van der Waals surface area (Å²) in [5, 5.41) is 18.1. The van der Waals surface area contributed by atoms with Crippen LogP contribution >= 0.6 is 0 Å². The summed E-state index contributed by atoms with van der Waals surface area (Å²) in [6, 6.07) is 4.49. The largest absolute Gasteiger partial charge is 0.492 e. The van der Waals surface area contributed by atoms with E-state index in [-0.39, 0.29) is 17.1 Å². The van der Waals surface area contributed by atoms with Crippen LogP contribution in [0.15, 0.2) is 18.2 Å². The molecular weight excluding hydrogens is 264 g/mol. The fourth-order valence-electron chi connectivity index (χ4n) is 2.02. The number of benzene rings is 1. The summed E-state index contributed by atoms with van der Waals surface area (Å²) in [6.07, 6.45) is -0.288. The van der Waals surface area contributed by atoms with E-state index >= 15 is 0 Å². The lowest BCUT2D eigenvalue weighted by Gasteiger charge is -2.26. The Hall–Kier alpha value is -1.79. The monoisotopic (exact) mass is 284 g/mol. The van der Waals surface area contributed by atoms with Crippen molar-refractivity contribution in [2.45, 2.75) is 38.9 Å². The fourth-order valence-corrected chi connectivity index (χ4v) is 2.02. The molecule has 0 saturated carbocycles. The van der Waals surface area contributed by atoms with Crippen LogP contribution in [0, 0.1) is 0 Å². The Morgan fingerprint density at radius 2 is 2.05 bits per heavy atom. The van der Waals surface area contributed by atoms with Gasteiger partial charge in [0.15, 0.2) is 5.75 Å². The number of methoxy groups -OCH3 is 1. The number of hydrogen-bond acceptors (Lipinski definition) is 6. The number of carbonyl (C=O) groups is 1. The predicted octanol–water partition coefficient (Wildman–Crippen LogP) is 2.25. The van der Waals surface area contributed by atoms with Crippen LogP contribution in [-0.4, -0.2) is 35.1 Å². The molecule has 0 saturated heterocycles. The van der Waals surface area contributed by atoms with Gasteiger partial charge in [-0.15, -0.1) is 0 Å². The molecule has 1 aromatic rings. The van der Waals surface area contributed by atoms with Crippen molar-refractivity contribution in [1.82, 2.24) is 0 Å². The van der Waals surface area contributed by atoms with Crippen molar-refractivity contribution in [3.05, 3.63) is 23.8 Å². The minimum absolute atomic E-state index is 0.0234. The first-order valence-electron chi connectivity index (χ1n) is 6.20. The van der Waals surface area contributed by atoms with E-state index in [2.05, 4.69) is 4.89 Å². The van der Waals surface area contributed by atoms with Crippen molar-refractivity contribution in [3.63, 3.8) is 0 Å². The highest BCUT2D eigenvalue weighted by Crippen LogP contribution is 2.32. The molecule has 1 unspecified atom stereocenters. The van der Waals surface area contributed by atoms with Gasteiger partial charge in [0.2, 0.25) is 5.75 Å². The van der Waals surface area contributed by atoms with Gasteiger partial charge in [-0.2, -0.15) is 0 Å². The Morgan fingerprint density at radius 3 is 2.55 bits per heavy atom. The molecule has 6 heteroatoms. The predicted molar refractivity (Wildman–Crippen MR) is 72.0 cm³/mol. The van der Waals surface area contributed by atoms with Crippen molar-refractivity contribution in [2.75, 3.05) is 7.11 Å². The zero-order valence-electron chi connectivity index (χ0n) is 12.0. The van der Waals surface area contributed by atoms with Crippen LogP contribution in [0.25, 0.3) is 0 Å². The quantitative estimate of drug-likeness (QED) is 0.473. The van der Waals surface area contributed by atoms with Gasteiger partial charge in [-0.1, -0.05) is 6.07 Å². The summed E-state index contributed by atoms with van der Waals surface area (Å²) in [6.45, 7) is 5.03. The van der Waals surface area contributed by atoms with Gasteiger partial charge in [0.1, 0.15) is 11.2 Å². The van der Waals surface area contributed by atoms with Gasteiger partial charge in [-0.3, -0.25) is 0 Å². The van der Waals surface area contributed by atoms with Crippen molar-refractivity contribution < 1.29 is 29.5 Å². The molecule has 1 rings (SSSR count). The molecule has 6 nitrogen and oxygen atoms in total. The maximum absolute atomic E-state index is 12.2. The summed E-state index contributed by atoms with van der Waals surface area (Å²) in [7, 11) is 1.36. The van der Waals surface area contributed by atoms with Gasteiger partial charge < -0.3 is 19.5 Å². The number of para-hydroxylation sites is 1. The number of aliphatic hydroxyl groups excluding tert-OH is 1. The van der Waals surface area contributed by atoms with Crippen LogP contribution in [0.2, 0.25) is 0 Å². The molecule has 0 amide bonds. The van der Waals surface area contributed by atoms with Gasteiger partial charge in [0.25, 0.3) is 0 Å². The lowest BCUT2D eigenvalue weighted by atomic mass is 10.0. The zero-order valence-corrected chi connectivity index (χ0v) is 12.0. The molecule has 0 bridgehead atoms. The lowest BCUT2D eigenvalue weighted by molar-refractivity contribution is -0.139. The summed E-state index contributed by atoms with van der Waals surface area (Å²) < 4.78 is 10.4. The number of ether oxygens (including phenoxy) is 2. The van der Waals surface area contributed by atoms with E-state index in [1.54, 1.807) is 20.8 Å². The number of esters is 1. The van der Waals surface area contributed by atoms with E-state index in [0.717, 1.165) is 0 Å². The standard InChI is InChI=1S/C14H20O6/c1-9(15)8-14(2,3)19-13(16)10-6-5-7-11(20-17)12(10)18-4/h5-7,9,15,17H,8H2,1-4H3. The van der Waals surface area contributed by atoms with Gasteiger partial charge >= 0.3 is 5.97 Å². The van der Waals surface area contributed by atoms with Gasteiger partial charge in [-0.05, 0) is 32.9 Å². The van der Waals surface area contributed by atoms with E-state index < -0.39 is 17.7 Å². The van der Waals surface area contributed by atoms with Gasteiger partial charge in [0.05, 0.1) is 13.2 Å². The zero-order chi connectivity index (χ0) is 15.3. The molecule has 0 aliphatic rings. The first kappa shape index (κ1) is 16.3. The Balaban J connectivity index is 2.98. The molecule has 2 N–H and O–H groups in total. The Morgan fingerprint density at radius 1 is 1.40 bits per heavy atom. The normalized spacial score (nSPS) is 12.7. The second kappa shape index (κ2) is 6.58. The summed E-state index contributed by atoms with van der Waals surface area (Å²) >= 11 is 0. The summed E-state index contributed by atoms with van der Waals surface area (Å²) in [4.78, 5) is 16.3. The molecule has 0 aliphatic heterocycles. The van der Waals surface area contributed by atoms with Crippen molar-refractivity contribution in [3.8, 4) is 11.5 Å². The Kier molecular flexibility index (Phi) is 5.35. The van der Waals surface area contributed by atoms with E-state index in [9.17, 15) is 9.90 Å². The average molecular weight is 284 g/mol. The number of aliphatic hydroxyl groups is 1. The maximum Gasteiger partial charge on any atom is 0.342 e. The second-order valence-electron chi connectivity index (χ2n) is 5.13. The maximum atomic E-state index is 12.2. The summed E-state index contributed by atoms with van der Waals surface area (Å²) in [5.41, 5.74) is -0.690. The third-order valence-corrected chi connectivity index (χ3v) is 2.66. The van der Waals surface area contributed by atoms with Crippen molar-refractivity contribution >= 4 is 5.97 Å². The third-order valence-electron chi connectivity index (χ3n) is 2.66. The van der Waals surface area contributed by atoms with Gasteiger partial charge in [-0.25, -0.2) is 10.1 Å². The van der Waals surface area contributed by atoms with E-state index in [0.29, 0.717) is 6.42 Å². The first-order valence-corrected chi connectivity index (χ1v) is 6.20. The topological polar surface area (TPSA) is 85.2 Å². The van der Waals surface area contributed by atoms with Crippen LogP contribution < -0.4 is 9.62 Å². The molecule has 0 radical (unpaired) electrons. The van der Waals surface area contributed by atoms with Crippen LogP contribution in [0.3, 0.4) is 0 Å². The highest BCUT2D eigenvalue weighted by molar-refractivity contribution is 5.93. The molecule has 0 aliphatic carbocycles. The second-order valence-corrected chi connectivity index (χ2v) is 5.13. The van der Waals surface area contributed by atoms with Crippen molar-refractivity contribution in [2.24, 2.45) is 0 Å². The molecule has 0 fully saturated rings. The van der Waals surface area contributed by atoms with Crippen LogP contribution in [0.4, 0.5) is 0 Å². The molecule has 0 spiro atoms. The van der Waals surface area contributed by atoms with Crippen LogP contribution in [-0.2, 0) is 4.74 Å². The number of carbonyl (C=O) groups excluding carboxylic acids is 1.